The maximum absolute atomic E-state index is 9.53. The highest BCUT2D eigenvalue weighted by molar-refractivity contribution is 6.31. The van der Waals surface area contributed by atoms with Gasteiger partial charge in [0, 0.05) is 23.8 Å². The summed E-state index contributed by atoms with van der Waals surface area (Å²) in [5.74, 6) is 0. The van der Waals surface area contributed by atoms with Crippen LogP contribution in [0.3, 0.4) is 0 Å². The number of rotatable bonds is 2. The van der Waals surface area contributed by atoms with E-state index in [-0.39, 0.29) is 0 Å². The van der Waals surface area contributed by atoms with Gasteiger partial charge in [-0.25, -0.2) is 0 Å². The van der Waals surface area contributed by atoms with E-state index < -0.39 is 6.10 Å². The Hall–Kier alpha value is -0.990. The topological polar surface area (TPSA) is 23.5 Å². The minimum atomic E-state index is -0.514. The zero-order valence-electron chi connectivity index (χ0n) is 10.3. The van der Waals surface area contributed by atoms with Crippen molar-refractivity contribution in [2.45, 2.75) is 26.4 Å². The molecule has 1 aromatic carbocycles. The molecule has 1 aromatic rings. The smallest absolute Gasteiger partial charge is 0.0776 e. The molecule has 0 bridgehead atoms. The SMILES string of the molecule is CC1=CCN(c2ccc(C(C)O)c(Cl)c2)CC1. The number of halogens is 1. The van der Waals surface area contributed by atoms with Crippen LogP contribution in [0.1, 0.15) is 31.9 Å². The lowest BCUT2D eigenvalue weighted by atomic mass is 10.1. The van der Waals surface area contributed by atoms with Crippen LogP contribution in [0.25, 0.3) is 0 Å². The Morgan fingerprint density at radius 2 is 2.18 bits per heavy atom. The normalized spacial score (nSPS) is 17.9. The van der Waals surface area contributed by atoms with Gasteiger partial charge in [0.05, 0.1) is 6.10 Å². The first-order chi connectivity index (χ1) is 8.08. The van der Waals surface area contributed by atoms with Crippen molar-refractivity contribution in [1.82, 2.24) is 0 Å². The van der Waals surface area contributed by atoms with Gasteiger partial charge in [-0.05, 0) is 38.0 Å². The minimum Gasteiger partial charge on any atom is -0.389 e. The summed E-state index contributed by atoms with van der Waals surface area (Å²) in [7, 11) is 0. The van der Waals surface area contributed by atoms with Crippen LogP contribution >= 0.6 is 11.6 Å². The van der Waals surface area contributed by atoms with Crippen molar-refractivity contribution < 1.29 is 5.11 Å². The number of anilines is 1. The summed E-state index contributed by atoms with van der Waals surface area (Å²) in [6.07, 6.45) is 2.84. The molecule has 0 aliphatic carbocycles. The fourth-order valence-corrected chi connectivity index (χ4v) is 2.39. The number of aliphatic hydroxyl groups is 1. The number of hydrogen-bond acceptors (Lipinski definition) is 2. The number of hydrogen-bond donors (Lipinski definition) is 1. The zero-order chi connectivity index (χ0) is 12.4. The van der Waals surface area contributed by atoms with Gasteiger partial charge < -0.3 is 10.0 Å². The second kappa shape index (κ2) is 5.11. The molecule has 2 nitrogen and oxygen atoms in total. The molecule has 1 aliphatic rings. The monoisotopic (exact) mass is 251 g/mol. The number of aliphatic hydroxyl groups excluding tert-OH is 1. The van der Waals surface area contributed by atoms with E-state index in [0.29, 0.717) is 5.02 Å². The Morgan fingerprint density at radius 1 is 1.41 bits per heavy atom. The van der Waals surface area contributed by atoms with E-state index in [1.54, 1.807) is 6.92 Å². The second-order valence-electron chi connectivity index (χ2n) is 4.63. The first kappa shape index (κ1) is 12.5. The average molecular weight is 252 g/mol. The van der Waals surface area contributed by atoms with Crippen molar-refractivity contribution in [3.63, 3.8) is 0 Å². The molecule has 2 rings (SSSR count). The molecule has 1 aliphatic heterocycles. The highest BCUT2D eigenvalue weighted by Gasteiger charge is 2.13. The Morgan fingerprint density at radius 3 is 2.71 bits per heavy atom. The van der Waals surface area contributed by atoms with Gasteiger partial charge >= 0.3 is 0 Å². The molecule has 0 spiro atoms. The third kappa shape index (κ3) is 2.82. The largest absolute Gasteiger partial charge is 0.389 e. The predicted molar refractivity (Wildman–Crippen MR) is 72.7 cm³/mol. The van der Waals surface area contributed by atoms with Crippen LogP contribution < -0.4 is 4.90 Å². The molecule has 1 heterocycles. The summed E-state index contributed by atoms with van der Waals surface area (Å²) < 4.78 is 0. The van der Waals surface area contributed by atoms with Gasteiger partial charge in [-0.2, -0.15) is 0 Å². The van der Waals surface area contributed by atoms with Gasteiger partial charge in [0.15, 0.2) is 0 Å². The molecule has 0 radical (unpaired) electrons. The number of nitrogens with zero attached hydrogens (tertiary/aromatic N) is 1. The van der Waals surface area contributed by atoms with Crippen LogP contribution in [-0.4, -0.2) is 18.2 Å². The van der Waals surface area contributed by atoms with E-state index in [0.717, 1.165) is 30.8 Å². The lowest BCUT2D eigenvalue weighted by Gasteiger charge is -2.28. The predicted octanol–water partition coefficient (Wildman–Crippen LogP) is 3.55. The molecule has 0 saturated carbocycles. The summed E-state index contributed by atoms with van der Waals surface area (Å²) >= 11 is 6.17. The van der Waals surface area contributed by atoms with Crippen molar-refractivity contribution in [3.05, 3.63) is 40.4 Å². The Labute approximate surface area is 108 Å². The van der Waals surface area contributed by atoms with Crippen molar-refractivity contribution in [3.8, 4) is 0 Å². The molecular formula is C14H18ClNO. The summed E-state index contributed by atoms with van der Waals surface area (Å²) in [4.78, 5) is 2.30. The van der Waals surface area contributed by atoms with Gasteiger partial charge in [0.25, 0.3) is 0 Å². The Bertz CT molecular complexity index is 440. The molecule has 0 saturated heterocycles. The Balaban J connectivity index is 2.20. The van der Waals surface area contributed by atoms with Crippen LogP contribution in [-0.2, 0) is 0 Å². The molecule has 1 N–H and O–H groups in total. The summed E-state index contributed by atoms with van der Waals surface area (Å²) in [6, 6.07) is 5.88. The van der Waals surface area contributed by atoms with Gasteiger partial charge in [0.2, 0.25) is 0 Å². The molecule has 92 valence electrons. The zero-order valence-corrected chi connectivity index (χ0v) is 11.0. The van der Waals surface area contributed by atoms with Gasteiger partial charge in [-0.15, -0.1) is 0 Å². The van der Waals surface area contributed by atoms with Gasteiger partial charge in [-0.1, -0.05) is 29.3 Å². The molecule has 0 fully saturated rings. The van der Waals surface area contributed by atoms with E-state index in [9.17, 15) is 5.11 Å². The van der Waals surface area contributed by atoms with Crippen molar-refractivity contribution >= 4 is 17.3 Å². The highest BCUT2D eigenvalue weighted by atomic mass is 35.5. The van der Waals surface area contributed by atoms with Crippen LogP contribution in [0.4, 0.5) is 5.69 Å². The summed E-state index contributed by atoms with van der Waals surface area (Å²) in [6.45, 7) is 5.87. The van der Waals surface area contributed by atoms with Crippen LogP contribution in [0.5, 0.6) is 0 Å². The molecule has 0 amide bonds. The van der Waals surface area contributed by atoms with Crippen molar-refractivity contribution in [2.24, 2.45) is 0 Å². The second-order valence-corrected chi connectivity index (χ2v) is 5.04. The average Bonchev–Trinajstić information content (AvgIpc) is 2.29. The lowest BCUT2D eigenvalue weighted by molar-refractivity contribution is 0.199. The molecule has 3 heteroatoms. The maximum Gasteiger partial charge on any atom is 0.0776 e. The van der Waals surface area contributed by atoms with E-state index >= 15 is 0 Å². The molecule has 1 unspecified atom stereocenters. The number of benzene rings is 1. The van der Waals surface area contributed by atoms with E-state index in [1.165, 1.54) is 5.57 Å². The van der Waals surface area contributed by atoms with Crippen LogP contribution in [0, 0.1) is 0 Å². The van der Waals surface area contributed by atoms with Gasteiger partial charge in [0.1, 0.15) is 0 Å². The fraction of sp³-hybridized carbons (Fsp3) is 0.429. The standard InChI is InChI=1S/C14H18ClNO/c1-10-5-7-16(8-6-10)12-3-4-13(11(2)17)14(15)9-12/h3-5,9,11,17H,6-8H2,1-2H3. The summed E-state index contributed by atoms with van der Waals surface area (Å²) in [5.41, 5.74) is 3.37. The third-order valence-electron chi connectivity index (χ3n) is 3.24. The highest BCUT2D eigenvalue weighted by Crippen LogP contribution is 2.29. The van der Waals surface area contributed by atoms with E-state index in [2.05, 4.69) is 17.9 Å². The molecule has 1 atom stereocenters. The van der Waals surface area contributed by atoms with Crippen molar-refractivity contribution in [1.29, 1.82) is 0 Å². The van der Waals surface area contributed by atoms with E-state index in [1.807, 2.05) is 18.2 Å². The quantitative estimate of drug-likeness (QED) is 0.813. The Kier molecular flexibility index (Phi) is 3.75. The lowest BCUT2D eigenvalue weighted by Crippen LogP contribution is -2.28. The minimum absolute atomic E-state index is 0.514. The van der Waals surface area contributed by atoms with E-state index in [4.69, 9.17) is 11.6 Å². The third-order valence-corrected chi connectivity index (χ3v) is 3.56. The summed E-state index contributed by atoms with van der Waals surface area (Å²) in [5, 5.41) is 10.2. The van der Waals surface area contributed by atoms with Crippen LogP contribution in [0.15, 0.2) is 29.8 Å². The first-order valence-electron chi connectivity index (χ1n) is 5.96. The van der Waals surface area contributed by atoms with Crippen LogP contribution in [0.2, 0.25) is 5.02 Å². The molecular weight excluding hydrogens is 234 g/mol. The van der Waals surface area contributed by atoms with Gasteiger partial charge in [-0.3, -0.25) is 0 Å². The molecule has 17 heavy (non-hydrogen) atoms. The fourth-order valence-electron chi connectivity index (χ4n) is 2.06. The first-order valence-corrected chi connectivity index (χ1v) is 6.34. The molecule has 0 aromatic heterocycles. The maximum atomic E-state index is 9.53. The van der Waals surface area contributed by atoms with Crippen molar-refractivity contribution in [2.75, 3.05) is 18.0 Å².